The van der Waals surface area contributed by atoms with Crippen LogP contribution in [0.5, 0.6) is 0 Å². The molecule has 2 fully saturated rings. The predicted octanol–water partition coefficient (Wildman–Crippen LogP) is -5.25. The Bertz CT molecular complexity index is 478. The van der Waals surface area contributed by atoms with Gasteiger partial charge in [-0.25, -0.2) is 0 Å². The number of hydrogen-bond acceptors (Lipinski definition) is 11. The Hall–Kier alpha value is -0.930. The lowest BCUT2D eigenvalue weighted by atomic mass is 9.95. The molecule has 0 unspecified atom stereocenters. The highest BCUT2D eigenvalue weighted by Crippen LogP contribution is 2.28. The number of ether oxygens (including phenoxy) is 3. The molecule has 12 heteroatoms. The minimum Gasteiger partial charge on any atom is -0.394 e. The third-order valence-electron chi connectivity index (χ3n) is 4.38. The molecule has 152 valence electrons. The molecule has 0 saturated carbocycles. The first-order valence-corrected chi connectivity index (χ1v) is 8.06. The fourth-order valence-electron chi connectivity index (χ4n) is 2.98. The maximum atomic E-state index is 11.2. The van der Waals surface area contributed by atoms with E-state index in [2.05, 4.69) is 5.32 Å². The topological polar surface area (TPSA) is 198 Å². The largest absolute Gasteiger partial charge is 0.394 e. The van der Waals surface area contributed by atoms with E-state index in [0.29, 0.717) is 0 Å². The van der Waals surface area contributed by atoms with Gasteiger partial charge in [-0.15, -0.1) is 0 Å². The van der Waals surface area contributed by atoms with Crippen molar-refractivity contribution in [2.45, 2.75) is 68.3 Å². The molecule has 2 aliphatic rings. The van der Waals surface area contributed by atoms with Gasteiger partial charge in [-0.1, -0.05) is 0 Å². The second-order valence-corrected chi connectivity index (χ2v) is 6.26. The van der Waals surface area contributed by atoms with Gasteiger partial charge in [0.15, 0.2) is 12.6 Å². The van der Waals surface area contributed by atoms with E-state index in [9.17, 15) is 40.5 Å². The number of hydrogen-bond donors (Lipinski definition) is 8. The van der Waals surface area contributed by atoms with Crippen molar-refractivity contribution in [1.82, 2.24) is 5.32 Å². The number of nitrogens with one attached hydrogen (secondary N) is 1. The number of aliphatic hydroxyl groups excluding tert-OH is 7. The Morgan fingerprint density at radius 3 is 2.08 bits per heavy atom. The zero-order valence-corrected chi connectivity index (χ0v) is 14.0. The van der Waals surface area contributed by atoms with Crippen LogP contribution in [0.2, 0.25) is 0 Å². The summed E-state index contributed by atoms with van der Waals surface area (Å²) in [4.78, 5) is 11.2. The molecule has 0 aliphatic carbocycles. The van der Waals surface area contributed by atoms with E-state index in [1.165, 1.54) is 0 Å². The number of rotatable bonds is 5. The van der Waals surface area contributed by atoms with Gasteiger partial charge in [-0.3, -0.25) is 4.79 Å². The van der Waals surface area contributed by atoms with E-state index in [4.69, 9.17) is 14.2 Å². The molecule has 0 aromatic rings. The minimum absolute atomic E-state index is 0.564. The van der Waals surface area contributed by atoms with E-state index in [0.717, 1.165) is 6.92 Å². The van der Waals surface area contributed by atoms with Crippen LogP contribution in [0.4, 0.5) is 0 Å². The third kappa shape index (κ3) is 4.31. The summed E-state index contributed by atoms with van der Waals surface area (Å²) in [6, 6.07) is -1.29. The van der Waals surface area contributed by atoms with Gasteiger partial charge in [0.1, 0.15) is 48.8 Å². The van der Waals surface area contributed by atoms with E-state index in [1.807, 2.05) is 0 Å². The predicted molar refractivity (Wildman–Crippen MR) is 80.2 cm³/mol. The maximum absolute atomic E-state index is 11.2. The molecule has 1 amide bonds. The molecule has 0 aromatic carbocycles. The molecule has 26 heavy (non-hydrogen) atoms. The first-order chi connectivity index (χ1) is 12.2. The first kappa shape index (κ1) is 21.4. The molecule has 0 aromatic heterocycles. The van der Waals surface area contributed by atoms with Crippen molar-refractivity contribution in [3.8, 4) is 0 Å². The van der Waals surface area contributed by atoms with Crippen LogP contribution in [0.25, 0.3) is 0 Å². The maximum Gasteiger partial charge on any atom is 0.217 e. The second kappa shape index (κ2) is 8.84. The Labute approximate surface area is 148 Å². The van der Waals surface area contributed by atoms with Gasteiger partial charge in [0.2, 0.25) is 5.91 Å². The van der Waals surface area contributed by atoms with Crippen LogP contribution in [0.1, 0.15) is 6.92 Å². The van der Waals surface area contributed by atoms with Gasteiger partial charge in [0, 0.05) is 6.92 Å². The van der Waals surface area contributed by atoms with E-state index in [1.54, 1.807) is 0 Å². The molecule has 0 radical (unpaired) electrons. The Kier molecular flexibility index (Phi) is 7.27. The molecule has 8 N–H and O–H groups in total. The zero-order chi connectivity index (χ0) is 19.6. The SMILES string of the molecule is CC(=O)N[C@@H]1[C@@H](O)[C@H](O[C@H]2O[C@H](CO)[C@H](O)[C@H](O)[C@H]2O)[C@@H](CO)O[C@H]1O. The van der Waals surface area contributed by atoms with Gasteiger partial charge >= 0.3 is 0 Å². The van der Waals surface area contributed by atoms with Crippen molar-refractivity contribution in [2.75, 3.05) is 13.2 Å². The summed E-state index contributed by atoms with van der Waals surface area (Å²) in [6.07, 6.45) is -13.6. The average molecular weight is 383 g/mol. The van der Waals surface area contributed by atoms with Crippen LogP contribution in [-0.4, -0.2) is 116 Å². The van der Waals surface area contributed by atoms with Crippen molar-refractivity contribution < 1.29 is 54.8 Å². The molecular formula is C14H25NO11. The summed E-state index contributed by atoms with van der Waals surface area (Å²) >= 11 is 0. The van der Waals surface area contributed by atoms with Crippen molar-refractivity contribution in [3.05, 3.63) is 0 Å². The smallest absolute Gasteiger partial charge is 0.217 e. The van der Waals surface area contributed by atoms with Crippen LogP contribution in [0.3, 0.4) is 0 Å². The molecule has 2 heterocycles. The van der Waals surface area contributed by atoms with Crippen molar-refractivity contribution in [1.29, 1.82) is 0 Å². The summed E-state index contributed by atoms with van der Waals surface area (Å²) < 4.78 is 15.7. The average Bonchev–Trinajstić information content (AvgIpc) is 2.60. The molecule has 0 bridgehead atoms. The lowest BCUT2D eigenvalue weighted by Crippen LogP contribution is -2.67. The van der Waals surface area contributed by atoms with Crippen molar-refractivity contribution in [3.63, 3.8) is 0 Å². The van der Waals surface area contributed by atoms with Crippen molar-refractivity contribution >= 4 is 5.91 Å². The highest BCUT2D eigenvalue weighted by molar-refractivity contribution is 5.73. The molecule has 12 nitrogen and oxygen atoms in total. The number of carbonyl (C=O) groups excluding carboxylic acids is 1. The zero-order valence-electron chi connectivity index (χ0n) is 14.0. The molecule has 2 aliphatic heterocycles. The monoisotopic (exact) mass is 383 g/mol. The summed E-state index contributed by atoms with van der Waals surface area (Å²) in [7, 11) is 0. The Morgan fingerprint density at radius 1 is 0.923 bits per heavy atom. The van der Waals surface area contributed by atoms with Crippen LogP contribution in [0, 0.1) is 0 Å². The number of amides is 1. The Morgan fingerprint density at radius 2 is 1.54 bits per heavy atom. The number of aliphatic hydroxyl groups is 7. The molecule has 10 atom stereocenters. The lowest BCUT2D eigenvalue weighted by Gasteiger charge is -2.46. The van der Waals surface area contributed by atoms with Gasteiger partial charge in [0.25, 0.3) is 0 Å². The first-order valence-electron chi connectivity index (χ1n) is 8.06. The lowest BCUT2D eigenvalue weighted by molar-refractivity contribution is -0.345. The standard InChI is InChI=1S/C14H25NO11/c1-4(18)15-7-9(20)12(6(3-17)24-13(7)23)26-14-11(22)10(21)8(19)5(2-16)25-14/h5-14,16-17,19-23H,2-3H2,1H3,(H,15,18)/t5-,6-,7-,8+,9-,10+,11-,12-,13-,14-/m1/s1. The van der Waals surface area contributed by atoms with Crippen LogP contribution in [0.15, 0.2) is 0 Å². The highest BCUT2D eigenvalue weighted by Gasteiger charge is 2.50. The van der Waals surface area contributed by atoms with Gasteiger partial charge in [-0.05, 0) is 0 Å². The normalized spacial score (nSPS) is 46.8. The van der Waals surface area contributed by atoms with Gasteiger partial charge in [-0.2, -0.15) is 0 Å². The quantitative estimate of drug-likeness (QED) is 0.226. The minimum atomic E-state index is -1.73. The van der Waals surface area contributed by atoms with Crippen LogP contribution >= 0.6 is 0 Å². The molecular weight excluding hydrogens is 358 g/mol. The highest BCUT2D eigenvalue weighted by atomic mass is 16.7. The molecule has 2 saturated heterocycles. The third-order valence-corrected chi connectivity index (χ3v) is 4.38. The van der Waals surface area contributed by atoms with Crippen LogP contribution < -0.4 is 5.32 Å². The summed E-state index contributed by atoms with van der Waals surface area (Å²) in [5.74, 6) is -0.564. The van der Waals surface area contributed by atoms with Gasteiger partial charge < -0.3 is 55.3 Å². The molecule has 0 spiro atoms. The van der Waals surface area contributed by atoms with Crippen LogP contribution in [-0.2, 0) is 19.0 Å². The van der Waals surface area contributed by atoms with E-state index < -0.39 is 80.5 Å². The Balaban J connectivity index is 2.16. The summed E-state index contributed by atoms with van der Waals surface area (Å²) in [5.41, 5.74) is 0. The van der Waals surface area contributed by atoms with Crippen molar-refractivity contribution in [2.24, 2.45) is 0 Å². The number of carbonyl (C=O) groups is 1. The fraction of sp³-hybridized carbons (Fsp3) is 0.929. The summed E-state index contributed by atoms with van der Waals surface area (Å²) in [6.45, 7) is -0.195. The van der Waals surface area contributed by atoms with E-state index in [-0.39, 0.29) is 0 Å². The fourth-order valence-corrected chi connectivity index (χ4v) is 2.98. The second-order valence-electron chi connectivity index (χ2n) is 6.26. The van der Waals surface area contributed by atoms with E-state index >= 15 is 0 Å². The summed E-state index contributed by atoms with van der Waals surface area (Å²) in [5, 5.41) is 70.7. The van der Waals surface area contributed by atoms with Gasteiger partial charge in [0.05, 0.1) is 13.2 Å². The molecule has 2 rings (SSSR count).